The lowest BCUT2D eigenvalue weighted by Gasteiger charge is -2.10. The summed E-state index contributed by atoms with van der Waals surface area (Å²) in [6.07, 6.45) is 3.05. The van der Waals surface area contributed by atoms with Crippen LogP contribution in [-0.4, -0.2) is 28.3 Å². The summed E-state index contributed by atoms with van der Waals surface area (Å²) in [6.45, 7) is 5.88. The van der Waals surface area contributed by atoms with Crippen LogP contribution in [0.4, 0.5) is 0 Å². The highest BCUT2D eigenvalue weighted by molar-refractivity contribution is 5.80. The first-order valence-corrected chi connectivity index (χ1v) is 6.22. The molecule has 5 heteroatoms. The lowest BCUT2D eigenvalue weighted by molar-refractivity contribution is 0.704. The van der Waals surface area contributed by atoms with Gasteiger partial charge in [0.25, 0.3) is 0 Å². The second-order valence-corrected chi connectivity index (χ2v) is 4.61. The Morgan fingerprint density at radius 1 is 1.65 bits per heavy atom. The second kappa shape index (κ2) is 5.21. The monoisotopic (exact) mass is 235 g/mol. The molecule has 1 saturated carbocycles. The average molecular weight is 235 g/mol. The molecule has 0 spiro atoms. The lowest BCUT2D eigenvalue weighted by atomic mass is 10.4. The predicted octanol–water partition coefficient (Wildman–Crippen LogP) is 0.884. The van der Waals surface area contributed by atoms with Crippen molar-refractivity contribution in [1.29, 1.82) is 0 Å². The molecule has 1 heterocycles. The van der Waals surface area contributed by atoms with E-state index in [4.69, 9.17) is 0 Å². The zero-order valence-electron chi connectivity index (χ0n) is 10.8. The smallest absolute Gasteiger partial charge is 0.191 e. The summed E-state index contributed by atoms with van der Waals surface area (Å²) in [5.74, 6) is 1.68. The van der Waals surface area contributed by atoms with Gasteiger partial charge in [-0.2, -0.15) is 5.10 Å². The van der Waals surface area contributed by atoms with Crippen LogP contribution in [-0.2, 0) is 13.6 Å². The number of rotatable bonds is 4. The molecule has 1 aromatic rings. The average Bonchev–Trinajstić information content (AvgIpc) is 2.83. The molecule has 0 saturated heterocycles. The summed E-state index contributed by atoms with van der Waals surface area (Å²) in [6, 6.07) is 2.59. The van der Waals surface area contributed by atoms with E-state index in [-0.39, 0.29) is 0 Å². The molecule has 5 nitrogen and oxygen atoms in total. The maximum atomic E-state index is 4.56. The Bertz CT molecular complexity index is 395. The molecule has 1 aromatic heterocycles. The van der Waals surface area contributed by atoms with Crippen molar-refractivity contribution in [3.63, 3.8) is 0 Å². The third kappa shape index (κ3) is 3.22. The van der Waals surface area contributed by atoms with Crippen LogP contribution in [0.15, 0.2) is 17.3 Å². The van der Waals surface area contributed by atoms with E-state index in [1.54, 1.807) is 6.20 Å². The van der Waals surface area contributed by atoms with Crippen LogP contribution in [0, 0.1) is 5.92 Å². The van der Waals surface area contributed by atoms with Gasteiger partial charge in [-0.25, -0.2) is 4.99 Å². The fraction of sp³-hybridized carbons (Fsp3) is 0.667. The standard InChI is InChI=1S/C12H21N5/c1-4-13-12(16-11-7-9(11)2)14-8-10-5-6-15-17(10)3/h5-6,9,11H,4,7-8H2,1-3H3,(H2,13,14,16). The number of guanidine groups is 1. The number of nitrogens with zero attached hydrogens (tertiary/aromatic N) is 3. The SMILES string of the molecule is CCNC(=NCc1ccnn1C)NC1CC1C. The predicted molar refractivity (Wildman–Crippen MR) is 68.7 cm³/mol. The molecular formula is C12H21N5. The maximum Gasteiger partial charge on any atom is 0.191 e. The number of hydrogen-bond acceptors (Lipinski definition) is 2. The molecular weight excluding hydrogens is 214 g/mol. The van der Waals surface area contributed by atoms with E-state index < -0.39 is 0 Å². The highest BCUT2D eigenvalue weighted by atomic mass is 15.3. The largest absolute Gasteiger partial charge is 0.357 e. The Labute approximate surface area is 102 Å². The number of aliphatic imine (C=N–C) groups is 1. The van der Waals surface area contributed by atoms with Gasteiger partial charge in [0, 0.05) is 25.8 Å². The van der Waals surface area contributed by atoms with Gasteiger partial charge in [-0.05, 0) is 25.3 Å². The zero-order chi connectivity index (χ0) is 12.3. The third-order valence-electron chi connectivity index (χ3n) is 3.10. The minimum atomic E-state index is 0.597. The minimum Gasteiger partial charge on any atom is -0.357 e. The van der Waals surface area contributed by atoms with E-state index in [1.165, 1.54) is 6.42 Å². The van der Waals surface area contributed by atoms with E-state index in [2.05, 4.69) is 34.6 Å². The lowest BCUT2D eigenvalue weighted by Crippen LogP contribution is -2.39. The summed E-state index contributed by atoms with van der Waals surface area (Å²) in [4.78, 5) is 4.56. The Morgan fingerprint density at radius 3 is 2.94 bits per heavy atom. The molecule has 2 rings (SSSR count). The molecule has 1 aliphatic carbocycles. The van der Waals surface area contributed by atoms with E-state index in [0.717, 1.165) is 24.1 Å². The summed E-state index contributed by atoms with van der Waals surface area (Å²) in [5.41, 5.74) is 1.12. The maximum absolute atomic E-state index is 4.56. The number of aryl methyl sites for hydroxylation is 1. The van der Waals surface area contributed by atoms with Gasteiger partial charge in [0.1, 0.15) is 0 Å². The van der Waals surface area contributed by atoms with Gasteiger partial charge in [0.2, 0.25) is 0 Å². The van der Waals surface area contributed by atoms with Crippen molar-refractivity contribution in [2.45, 2.75) is 32.9 Å². The molecule has 94 valence electrons. The molecule has 0 amide bonds. The summed E-state index contributed by atoms with van der Waals surface area (Å²) < 4.78 is 1.85. The third-order valence-corrected chi connectivity index (χ3v) is 3.10. The van der Waals surface area contributed by atoms with Crippen molar-refractivity contribution >= 4 is 5.96 Å². The van der Waals surface area contributed by atoms with Gasteiger partial charge in [-0.15, -0.1) is 0 Å². The second-order valence-electron chi connectivity index (χ2n) is 4.61. The van der Waals surface area contributed by atoms with Crippen LogP contribution >= 0.6 is 0 Å². The number of aromatic nitrogens is 2. The summed E-state index contributed by atoms with van der Waals surface area (Å²) in [7, 11) is 1.94. The first-order chi connectivity index (χ1) is 8.20. The molecule has 2 atom stereocenters. The fourth-order valence-electron chi connectivity index (χ4n) is 1.74. The van der Waals surface area contributed by atoms with Crippen LogP contribution in [0.3, 0.4) is 0 Å². The topological polar surface area (TPSA) is 54.2 Å². The Hall–Kier alpha value is -1.52. The number of nitrogens with one attached hydrogen (secondary N) is 2. The van der Waals surface area contributed by atoms with E-state index in [1.807, 2.05) is 17.8 Å². The van der Waals surface area contributed by atoms with E-state index in [9.17, 15) is 0 Å². The molecule has 0 aromatic carbocycles. The fourth-order valence-corrected chi connectivity index (χ4v) is 1.74. The molecule has 0 bridgehead atoms. The van der Waals surface area contributed by atoms with Gasteiger partial charge >= 0.3 is 0 Å². The quantitative estimate of drug-likeness (QED) is 0.602. The molecule has 17 heavy (non-hydrogen) atoms. The zero-order valence-corrected chi connectivity index (χ0v) is 10.8. The summed E-state index contributed by atoms with van der Waals surface area (Å²) >= 11 is 0. The Kier molecular flexibility index (Phi) is 3.66. The molecule has 0 radical (unpaired) electrons. The van der Waals surface area contributed by atoms with Gasteiger partial charge < -0.3 is 10.6 Å². The van der Waals surface area contributed by atoms with Crippen molar-refractivity contribution in [3.05, 3.63) is 18.0 Å². The van der Waals surface area contributed by atoms with Gasteiger partial charge in [0.15, 0.2) is 5.96 Å². The molecule has 2 unspecified atom stereocenters. The Morgan fingerprint density at radius 2 is 2.41 bits per heavy atom. The van der Waals surface area contributed by atoms with Crippen LogP contribution in [0.2, 0.25) is 0 Å². The van der Waals surface area contributed by atoms with Crippen LogP contribution in [0.5, 0.6) is 0 Å². The van der Waals surface area contributed by atoms with Crippen molar-refractivity contribution in [3.8, 4) is 0 Å². The molecule has 2 N–H and O–H groups in total. The van der Waals surface area contributed by atoms with Crippen LogP contribution in [0.1, 0.15) is 26.0 Å². The normalized spacial score (nSPS) is 23.6. The first-order valence-electron chi connectivity index (χ1n) is 6.22. The van der Waals surface area contributed by atoms with Gasteiger partial charge in [-0.3, -0.25) is 4.68 Å². The van der Waals surface area contributed by atoms with E-state index in [0.29, 0.717) is 12.6 Å². The van der Waals surface area contributed by atoms with Gasteiger partial charge in [-0.1, -0.05) is 6.92 Å². The van der Waals surface area contributed by atoms with Gasteiger partial charge in [0.05, 0.1) is 12.2 Å². The highest BCUT2D eigenvalue weighted by Crippen LogP contribution is 2.28. The van der Waals surface area contributed by atoms with Crippen molar-refractivity contribution in [1.82, 2.24) is 20.4 Å². The molecule has 0 aliphatic heterocycles. The van der Waals surface area contributed by atoms with Crippen molar-refractivity contribution < 1.29 is 0 Å². The highest BCUT2D eigenvalue weighted by Gasteiger charge is 2.33. The van der Waals surface area contributed by atoms with Crippen LogP contribution < -0.4 is 10.6 Å². The first kappa shape index (κ1) is 12.0. The van der Waals surface area contributed by atoms with Crippen molar-refractivity contribution in [2.75, 3.05) is 6.54 Å². The Balaban J connectivity index is 1.92. The molecule has 1 aliphatic rings. The number of hydrogen-bond donors (Lipinski definition) is 2. The van der Waals surface area contributed by atoms with Crippen molar-refractivity contribution in [2.24, 2.45) is 18.0 Å². The minimum absolute atomic E-state index is 0.597. The van der Waals surface area contributed by atoms with E-state index >= 15 is 0 Å². The summed E-state index contributed by atoms with van der Waals surface area (Å²) in [5, 5.41) is 10.8. The molecule has 1 fully saturated rings. The van der Waals surface area contributed by atoms with Crippen LogP contribution in [0.25, 0.3) is 0 Å².